The summed E-state index contributed by atoms with van der Waals surface area (Å²) < 4.78 is 1.13. The lowest BCUT2D eigenvalue weighted by Gasteiger charge is -1.82. The molecule has 15 heavy (non-hydrogen) atoms. The maximum atomic E-state index is 5.10. The first-order valence-corrected chi connectivity index (χ1v) is 5.34. The number of rotatable bonds is 0. The molecule has 0 fully saturated rings. The van der Waals surface area contributed by atoms with E-state index in [-0.39, 0.29) is 0 Å². The second-order valence-electron chi connectivity index (χ2n) is 2.81. The van der Waals surface area contributed by atoms with Crippen molar-refractivity contribution in [3.05, 3.63) is 70.7 Å². The summed E-state index contributed by atoms with van der Waals surface area (Å²) >= 11 is 3.31. The van der Waals surface area contributed by atoms with Crippen LogP contribution < -0.4 is 0 Å². The van der Waals surface area contributed by atoms with Crippen LogP contribution in [0.15, 0.2) is 65.1 Å². The van der Waals surface area contributed by atoms with Gasteiger partial charge in [-0.3, -0.25) is 0 Å². The Morgan fingerprint density at radius 3 is 1.53 bits per heavy atom. The van der Waals surface area contributed by atoms with Crippen molar-refractivity contribution in [2.45, 2.75) is 0 Å². The van der Waals surface area contributed by atoms with Gasteiger partial charge in [-0.2, -0.15) is 0 Å². The van der Waals surface area contributed by atoms with Crippen LogP contribution in [0.5, 0.6) is 0 Å². The Bertz CT molecular complexity index is 412. The van der Waals surface area contributed by atoms with Gasteiger partial charge in [-0.1, -0.05) is 58.2 Å². The van der Waals surface area contributed by atoms with E-state index in [0.29, 0.717) is 0 Å². The minimum absolute atomic E-state index is 0.938. The third-order valence-electron chi connectivity index (χ3n) is 1.67. The first-order chi connectivity index (χ1) is 7.33. The molecule has 74 valence electrons. The molecular weight excluding hydrogens is 248 g/mol. The van der Waals surface area contributed by atoms with Crippen LogP contribution in [-0.2, 0) is 0 Å². The van der Waals surface area contributed by atoms with Gasteiger partial charge in [0.2, 0.25) is 0 Å². The van der Waals surface area contributed by atoms with Crippen molar-refractivity contribution in [2.75, 3.05) is 0 Å². The smallest absolute Gasteiger partial charge is 0.0242 e. The molecule has 0 nitrogen and oxygen atoms in total. The molecule has 0 atom stereocenters. The first-order valence-electron chi connectivity index (χ1n) is 4.55. The van der Waals surface area contributed by atoms with Crippen LogP contribution in [0.1, 0.15) is 5.56 Å². The monoisotopic (exact) mass is 258 g/mol. The van der Waals surface area contributed by atoms with E-state index >= 15 is 0 Å². The summed E-state index contributed by atoms with van der Waals surface area (Å²) in [5.41, 5.74) is 0.938. The summed E-state index contributed by atoms with van der Waals surface area (Å²) in [6.45, 7) is 0. The molecule has 0 N–H and O–H groups in total. The predicted octanol–water partition coefficient (Wildman–Crippen LogP) is 4.12. The highest BCUT2D eigenvalue weighted by molar-refractivity contribution is 9.10. The fourth-order valence-corrected chi connectivity index (χ4v) is 1.25. The quantitative estimate of drug-likeness (QED) is 0.624. The second kappa shape index (κ2) is 6.86. The third-order valence-corrected chi connectivity index (χ3v) is 2.20. The largest absolute Gasteiger partial charge is 0.115 e. The fraction of sp³-hybridized carbons (Fsp3) is 0. The number of hydrogen-bond donors (Lipinski definition) is 0. The van der Waals surface area contributed by atoms with E-state index in [1.165, 1.54) is 0 Å². The molecule has 0 spiro atoms. The van der Waals surface area contributed by atoms with E-state index in [1.54, 1.807) is 0 Å². The lowest BCUT2D eigenvalue weighted by Crippen LogP contribution is -1.66. The lowest BCUT2D eigenvalue weighted by atomic mass is 10.2. The second-order valence-corrected chi connectivity index (χ2v) is 3.72. The summed E-state index contributed by atoms with van der Waals surface area (Å²) in [4.78, 5) is 0. The first kappa shape index (κ1) is 11.6. The van der Waals surface area contributed by atoms with Crippen molar-refractivity contribution >= 4 is 15.9 Å². The van der Waals surface area contributed by atoms with Gasteiger partial charge in [0.1, 0.15) is 0 Å². The van der Waals surface area contributed by atoms with Crippen molar-refractivity contribution in [1.29, 1.82) is 0 Å². The molecule has 0 aliphatic carbocycles. The number of benzene rings is 2. The topological polar surface area (TPSA) is 0 Å². The molecule has 2 aromatic rings. The normalized spacial score (nSPS) is 8.27. The highest BCUT2D eigenvalue weighted by atomic mass is 79.9. The molecule has 0 aromatic heterocycles. The number of hydrogen-bond acceptors (Lipinski definition) is 0. The Hall–Kier alpha value is -1.52. The Kier molecular flexibility index (Phi) is 5.29. The van der Waals surface area contributed by atoms with E-state index in [9.17, 15) is 0 Å². The van der Waals surface area contributed by atoms with Gasteiger partial charge < -0.3 is 0 Å². The maximum Gasteiger partial charge on any atom is 0.0242 e. The van der Waals surface area contributed by atoms with Crippen LogP contribution in [0.2, 0.25) is 0 Å². The Balaban J connectivity index is 0.000000151. The SMILES string of the molecule is Brc1ccccc1.C#Cc1ccccc1. The van der Waals surface area contributed by atoms with Gasteiger partial charge in [-0.05, 0) is 24.3 Å². The summed E-state index contributed by atoms with van der Waals surface area (Å²) in [7, 11) is 0. The Labute approximate surface area is 99.1 Å². The zero-order chi connectivity index (χ0) is 10.9. The van der Waals surface area contributed by atoms with E-state index in [2.05, 4.69) is 21.9 Å². The van der Waals surface area contributed by atoms with Gasteiger partial charge in [0, 0.05) is 10.0 Å². The average Bonchev–Trinajstić information content (AvgIpc) is 2.32. The summed E-state index contributed by atoms with van der Waals surface area (Å²) in [6, 6.07) is 19.6. The molecular formula is C14H11Br. The molecule has 0 saturated carbocycles. The van der Waals surface area contributed by atoms with Gasteiger partial charge >= 0.3 is 0 Å². The standard InChI is InChI=1S/C8H6.C6H5Br/c1-2-8-6-4-3-5-7-8;7-6-4-2-1-3-5-6/h1,3-7H;1-5H. The average molecular weight is 259 g/mol. The molecule has 0 unspecified atom stereocenters. The van der Waals surface area contributed by atoms with Crippen molar-refractivity contribution in [3.8, 4) is 12.3 Å². The molecule has 0 aliphatic heterocycles. The van der Waals surface area contributed by atoms with Crippen molar-refractivity contribution < 1.29 is 0 Å². The van der Waals surface area contributed by atoms with Gasteiger partial charge in [-0.15, -0.1) is 6.42 Å². The zero-order valence-electron chi connectivity index (χ0n) is 8.23. The third kappa shape index (κ3) is 5.05. The van der Waals surface area contributed by atoms with Crippen molar-refractivity contribution in [3.63, 3.8) is 0 Å². The minimum Gasteiger partial charge on any atom is -0.115 e. The van der Waals surface area contributed by atoms with Crippen LogP contribution in [0.3, 0.4) is 0 Å². The van der Waals surface area contributed by atoms with Gasteiger partial charge in [0.15, 0.2) is 0 Å². The van der Waals surface area contributed by atoms with E-state index in [4.69, 9.17) is 6.42 Å². The van der Waals surface area contributed by atoms with E-state index < -0.39 is 0 Å². The zero-order valence-corrected chi connectivity index (χ0v) is 9.81. The fourth-order valence-electron chi connectivity index (χ4n) is 0.949. The van der Waals surface area contributed by atoms with E-state index in [1.807, 2.05) is 60.7 Å². The number of terminal acetylenes is 1. The molecule has 2 aromatic carbocycles. The Morgan fingerprint density at radius 2 is 1.27 bits per heavy atom. The molecule has 0 bridgehead atoms. The van der Waals surface area contributed by atoms with Crippen LogP contribution in [0.25, 0.3) is 0 Å². The highest BCUT2D eigenvalue weighted by Crippen LogP contribution is 2.05. The van der Waals surface area contributed by atoms with Crippen molar-refractivity contribution in [2.24, 2.45) is 0 Å². The minimum atomic E-state index is 0.938. The maximum absolute atomic E-state index is 5.10. The van der Waals surface area contributed by atoms with E-state index in [0.717, 1.165) is 10.0 Å². The molecule has 1 heteroatoms. The molecule has 2 rings (SSSR count). The molecule has 0 saturated heterocycles. The van der Waals surface area contributed by atoms with Crippen LogP contribution in [0.4, 0.5) is 0 Å². The highest BCUT2D eigenvalue weighted by Gasteiger charge is 1.76. The molecule has 0 heterocycles. The van der Waals surface area contributed by atoms with Crippen molar-refractivity contribution in [1.82, 2.24) is 0 Å². The summed E-state index contributed by atoms with van der Waals surface area (Å²) in [5.74, 6) is 2.53. The Morgan fingerprint density at radius 1 is 0.800 bits per heavy atom. The van der Waals surface area contributed by atoms with Gasteiger partial charge in [-0.25, -0.2) is 0 Å². The summed E-state index contributed by atoms with van der Waals surface area (Å²) in [6.07, 6.45) is 5.10. The van der Waals surface area contributed by atoms with Crippen LogP contribution in [0, 0.1) is 12.3 Å². The lowest BCUT2D eigenvalue weighted by molar-refractivity contribution is 1.65. The predicted molar refractivity (Wildman–Crippen MR) is 68.5 cm³/mol. The summed E-state index contributed by atoms with van der Waals surface area (Å²) in [5, 5.41) is 0. The molecule has 0 radical (unpaired) electrons. The van der Waals surface area contributed by atoms with Crippen LogP contribution in [-0.4, -0.2) is 0 Å². The van der Waals surface area contributed by atoms with Crippen LogP contribution >= 0.6 is 15.9 Å². The van der Waals surface area contributed by atoms with Gasteiger partial charge in [0.05, 0.1) is 0 Å². The molecule has 0 aliphatic rings. The molecule has 0 amide bonds. The number of halogens is 1. The van der Waals surface area contributed by atoms with Gasteiger partial charge in [0.25, 0.3) is 0 Å².